The molecule has 1 heterocycles. The molecule has 3 nitrogen and oxygen atoms in total. The van der Waals surface area contributed by atoms with Crippen molar-refractivity contribution in [2.24, 2.45) is 5.92 Å². The molecule has 0 aliphatic carbocycles. The summed E-state index contributed by atoms with van der Waals surface area (Å²) in [5.41, 5.74) is 0.786. The molecule has 2 rings (SSSR count). The molecule has 3 heteroatoms. The second-order valence-corrected chi connectivity index (χ2v) is 5.07. The molecule has 1 atom stereocenters. The first kappa shape index (κ1) is 13.2. The molecular formula is C15H21NO2. The third kappa shape index (κ3) is 2.98. The van der Waals surface area contributed by atoms with Crippen LogP contribution in [0.2, 0.25) is 0 Å². The van der Waals surface area contributed by atoms with Gasteiger partial charge in [0.15, 0.2) is 5.78 Å². The number of likely N-dealkylation sites (tertiary alicyclic amines) is 1. The molecular weight excluding hydrogens is 226 g/mol. The van der Waals surface area contributed by atoms with Gasteiger partial charge in [0.25, 0.3) is 0 Å². The van der Waals surface area contributed by atoms with Gasteiger partial charge in [-0.15, -0.1) is 0 Å². The van der Waals surface area contributed by atoms with Crippen molar-refractivity contribution in [1.29, 1.82) is 0 Å². The van der Waals surface area contributed by atoms with Gasteiger partial charge in [-0.25, -0.2) is 0 Å². The van der Waals surface area contributed by atoms with Gasteiger partial charge in [0.05, 0.1) is 6.04 Å². The van der Waals surface area contributed by atoms with Crippen LogP contribution in [0, 0.1) is 5.92 Å². The van der Waals surface area contributed by atoms with Crippen molar-refractivity contribution in [1.82, 2.24) is 4.90 Å². The standard InChI is InChI=1S/C15H21NO2/c1-12(15(18)14-5-3-2-4-6-14)16-9-7-13(11-17)8-10-16/h2-6,12-13,17H,7-11H2,1H3. The number of aliphatic hydroxyl groups excluding tert-OH is 1. The van der Waals surface area contributed by atoms with Gasteiger partial charge in [0.2, 0.25) is 0 Å². The van der Waals surface area contributed by atoms with Crippen molar-refractivity contribution in [3.05, 3.63) is 35.9 Å². The van der Waals surface area contributed by atoms with Crippen molar-refractivity contribution >= 4 is 5.78 Å². The molecule has 0 amide bonds. The quantitative estimate of drug-likeness (QED) is 0.827. The van der Waals surface area contributed by atoms with Crippen LogP contribution in [-0.2, 0) is 0 Å². The summed E-state index contributed by atoms with van der Waals surface area (Å²) in [6.07, 6.45) is 1.98. The van der Waals surface area contributed by atoms with Gasteiger partial charge in [0.1, 0.15) is 0 Å². The van der Waals surface area contributed by atoms with E-state index in [1.807, 2.05) is 37.3 Å². The Kier molecular flexibility index (Phi) is 4.50. The highest BCUT2D eigenvalue weighted by Gasteiger charge is 2.26. The molecule has 0 saturated carbocycles. The number of hydrogen-bond acceptors (Lipinski definition) is 3. The van der Waals surface area contributed by atoms with E-state index in [9.17, 15) is 4.79 Å². The topological polar surface area (TPSA) is 40.5 Å². The summed E-state index contributed by atoms with van der Waals surface area (Å²) in [5.74, 6) is 0.610. The minimum absolute atomic E-state index is 0.0629. The van der Waals surface area contributed by atoms with E-state index in [4.69, 9.17) is 5.11 Å². The number of nitrogens with zero attached hydrogens (tertiary/aromatic N) is 1. The number of carbonyl (C=O) groups excluding carboxylic acids is 1. The Morgan fingerprint density at radius 2 is 1.94 bits per heavy atom. The average Bonchev–Trinajstić information content (AvgIpc) is 2.47. The number of carbonyl (C=O) groups is 1. The van der Waals surface area contributed by atoms with Gasteiger partial charge >= 0.3 is 0 Å². The molecule has 0 bridgehead atoms. The summed E-state index contributed by atoms with van der Waals surface area (Å²) in [7, 11) is 0. The molecule has 1 aliphatic rings. The molecule has 1 aliphatic heterocycles. The molecule has 1 aromatic rings. The van der Waals surface area contributed by atoms with E-state index in [-0.39, 0.29) is 18.4 Å². The van der Waals surface area contributed by atoms with Crippen LogP contribution in [0.5, 0.6) is 0 Å². The maximum atomic E-state index is 12.3. The summed E-state index contributed by atoms with van der Waals surface area (Å²) < 4.78 is 0. The van der Waals surface area contributed by atoms with Crippen molar-refractivity contribution in [3.8, 4) is 0 Å². The molecule has 98 valence electrons. The van der Waals surface area contributed by atoms with Crippen molar-refractivity contribution in [2.75, 3.05) is 19.7 Å². The SMILES string of the molecule is CC(C(=O)c1ccccc1)N1CCC(CO)CC1. The third-order valence-corrected chi connectivity index (χ3v) is 3.89. The van der Waals surface area contributed by atoms with Gasteiger partial charge < -0.3 is 5.11 Å². The van der Waals surface area contributed by atoms with Crippen LogP contribution >= 0.6 is 0 Å². The third-order valence-electron chi connectivity index (χ3n) is 3.89. The summed E-state index contributed by atoms with van der Waals surface area (Å²) >= 11 is 0. The Labute approximate surface area is 108 Å². The number of rotatable bonds is 4. The summed E-state index contributed by atoms with van der Waals surface area (Å²) in [6.45, 7) is 4.07. The van der Waals surface area contributed by atoms with Crippen LogP contribution in [0.4, 0.5) is 0 Å². The van der Waals surface area contributed by atoms with E-state index in [2.05, 4.69) is 4.90 Å². The lowest BCUT2D eigenvalue weighted by molar-refractivity contribution is 0.0721. The van der Waals surface area contributed by atoms with Crippen LogP contribution in [0.3, 0.4) is 0 Å². The smallest absolute Gasteiger partial charge is 0.179 e. The minimum atomic E-state index is -0.0629. The molecule has 1 N–H and O–H groups in total. The van der Waals surface area contributed by atoms with E-state index >= 15 is 0 Å². The summed E-state index contributed by atoms with van der Waals surface area (Å²) in [6, 6.07) is 9.41. The minimum Gasteiger partial charge on any atom is -0.396 e. The van der Waals surface area contributed by atoms with E-state index in [0.717, 1.165) is 31.5 Å². The molecule has 1 unspecified atom stereocenters. The second-order valence-electron chi connectivity index (χ2n) is 5.07. The number of ketones is 1. The van der Waals surface area contributed by atoms with Gasteiger partial charge in [-0.3, -0.25) is 9.69 Å². The summed E-state index contributed by atoms with van der Waals surface area (Å²) in [4.78, 5) is 14.5. The Morgan fingerprint density at radius 1 is 1.33 bits per heavy atom. The average molecular weight is 247 g/mol. The first-order valence-corrected chi connectivity index (χ1v) is 6.66. The fourth-order valence-electron chi connectivity index (χ4n) is 2.53. The highest BCUT2D eigenvalue weighted by molar-refractivity contribution is 5.99. The van der Waals surface area contributed by atoms with E-state index in [1.54, 1.807) is 0 Å². The van der Waals surface area contributed by atoms with Gasteiger partial charge in [-0.05, 0) is 38.8 Å². The fraction of sp³-hybridized carbons (Fsp3) is 0.533. The molecule has 0 aromatic heterocycles. The highest BCUT2D eigenvalue weighted by atomic mass is 16.3. The fourth-order valence-corrected chi connectivity index (χ4v) is 2.53. The lowest BCUT2D eigenvalue weighted by Gasteiger charge is -2.34. The predicted molar refractivity (Wildman–Crippen MR) is 71.6 cm³/mol. The Balaban J connectivity index is 1.96. The first-order valence-electron chi connectivity index (χ1n) is 6.66. The molecule has 1 fully saturated rings. The Hall–Kier alpha value is -1.19. The van der Waals surface area contributed by atoms with Crippen LogP contribution in [-0.4, -0.2) is 41.5 Å². The van der Waals surface area contributed by atoms with Gasteiger partial charge in [-0.2, -0.15) is 0 Å². The van der Waals surface area contributed by atoms with Crippen molar-refractivity contribution in [2.45, 2.75) is 25.8 Å². The highest BCUT2D eigenvalue weighted by Crippen LogP contribution is 2.19. The monoisotopic (exact) mass is 247 g/mol. The maximum Gasteiger partial charge on any atom is 0.179 e. The second kappa shape index (κ2) is 6.12. The molecule has 0 radical (unpaired) electrons. The Bertz CT molecular complexity index is 383. The molecule has 1 aromatic carbocycles. The molecule has 0 spiro atoms. The number of Topliss-reactive ketones (excluding diaryl/α,β-unsaturated/α-hetero) is 1. The molecule has 1 saturated heterocycles. The van der Waals surface area contributed by atoms with Crippen molar-refractivity contribution < 1.29 is 9.90 Å². The van der Waals surface area contributed by atoms with E-state index in [1.165, 1.54) is 0 Å². The lowest BCUT2D eigenvalue weighted by atomic mass is 9.95. The predicted octanol–water partition coefficient (Wildman–Crippen LogP) is 1.96. The zero-order valence-corrected chi connectivity index (χ0v) is 10.9. The normalized spacial score (nSPS) is 19.7. The lowest BCUT2D eigenvalue weighted by Crippen LogP contribution is -2.44. The largest absolute Gasteiger partial charge is 0.396 e. The van der Waals surface area contributed by atoms with Crippen molar-refractivity contribution in [3.63, 3.8) is 0 Å². The number of hydrogen-bond donors (Lipinski definition) is 1. The van der Waals surface area contributed by atoms with Crippen LogP contribution < -0.4 is 0 Å². The van der Waals surface area contributed by atoms with Gasteiger partial charge in [0, 0.05) is 12.2 Å². The summed E-state index contributed by atoms with van der Waals surface area (Å²) in [5, 5.41) is 9.12. The zero-order valence-electron chi connectivity index (χ0n) is 10.9. The number of aliphatic hydroxyl groups is 1. The first-order chi connectivity index (χ1) is 8.72. The van der Waals surface area contributed by atoms with E-state index < -0.39 is 0 Å². The Morgan fingerprint density at radius 3 is 2.50 bits per heavy atom. The van der Waals surface area contributed by atoms with Gasteiger partial charge in [-0.1, -0.05) is 30.3 Å². The van der Waals surface area contributed by atoms with Crippen LogP contribution in [0.25, 0.3) is 0 Å². The van der Waals surface area contributed by atoms with E-state index in [0.29, 0.717) is 5.92 Å². The number of benzene rings is 1. The zero-order chi connectivity index (χ0) is 13.0. The van der Waals surface area contributed by atoms with Crippen LogP contribution in [0.1, 0.15) is 30.1 Å². The molecule has 18 heavy (non-hydrogen) atoms. The van der Waals surface area contributed by atoms with Crippen LogP contribution in [0.15, 0.2) is 30.3 Å². The maximum absolute atomic E-state index is 12.3. The number of piperidine rings is 1.